The monoisotopic (exact) mass is 437 g/mol. The first-order valence-corrected chi connectivity index (χ1v) is 10.3. The Kier molecular flexibility index (Phi) is 6.99. The fraction of sp³-hybridized carbons (Fsp3) is 0.250. The minimum Gasteiger partial charge on any atom is -0.339 e. The molecule has 28 heavy (non-hydrogen) atoms. The van der Waals surface area contributed by atoms with E-state index in [4.69, 9.17) is 0 Å². The van der Waals surface area contributed by atoms with E-state index < -0.39 is 0 Å². The second kappa shape index (κ2) is 9.65. The summed E-state index contributed by atoms with van der Waals surface area (Å²) in [7, 11) is 0. The number of hydrogen-bond donors (Lipinski definition) is 0. The fourth-order valence-electron chi connectivity index (χ4n) is 3.46. The van der Waals surface area contributed by atoms with Crippen molar-refractivity contribution in [3.8, 4) is 0 Å². The number of rotatable bonds is 5. The predicted molar refractivity (Wildman–Crippen MR) is 117 cm³/mol. The molecule has 3 rings (SSSR count). The van der Waals surface area contributed by atoms with Gasteiger partial charge in [-0.1, -0.05) is 70.5 Å². The number of allylic oxidation sites excluding steroid dienone is 4. The van der Waals surface area contributed by atoms with E-state index in [2.05, 4.69) is 15.9 Å². The van der Waals surface area contributed by atoms with Crippen LogP contribution in [0.25, 0.3) is 5.57 Å². The van der Waals surface area contributed by atoms with Gasteiger partial charge in [-0.05, 0) is 53.6 Å². The summed E-state index contributed by atoms with van der Waals surface area (Å²) in [5.74, 6) is 0.156. The molecule has 0 saturated carbocycles. The minimum absolute atomic E-state index is 0.0243. The highest BCUT2D eigenvalue weighted by atomic mass is 79.9. The van der Waals surface area contributed by atoms with Gasteiger partial charge in [0.05, 0.1) is 0 Å². The summed E-state index contributed by atoms with van der Waals surface area (Å²) < 4.78 is 0.992. The number of carbonyl (C=O) groups is 2. The zero-order valence-corrected chi connectivity index (χ0v) is 17.6. The maximum absolute atomic E-state index is 12.7. The molecule has 0 aromatic heterocycles. The Balaban J connectivity index is 1.60. The van der Waals surface area contributed by atoms with Gasteiger partial charge in [0.2, 0.25) is 0 Å². The SMILES string of the molecule is C/C(Br)=C(\C=C\C(=O)C1CCN(C(=O)c2ccccc2)CC1)c1ccccc1. The van der Waals surface area contributed by atoms with Crippen molar-refractivity contribution in [3.63, 3.8) is 0 Å². The van der Waals surface area contributed by atoms with E-state index in [0.717, 1.165) is 15.6 Å². The van der Waals surface area contributed by atoms with Crippen molar-refractivity contribution in [2.75, 3.05) is 13.1 Å². The Labute approximate surface area is 174 Å². The Morgan fingerprint density at radius 1 is 0.893 bits per heavy atom. The fourth-order valence-corrected chi connectivity index (χ4v) is 3.82. The molecule has 3 nitrogen and oxygen atoms in total. The van der Waals surface area contributed by atoms with E-state index in [9.17, 15) is 9.59 Å². The predicted octanol–water partition coefficient (Wildman–Crippen LogP) is 5.49. The zero-order valence-electron chi connectivity index (χ0n) is 16.0. The van der Waals surface area contributed by atoms with E-state index in [1.54, 1.807) is 6.08 Å². The van der Waals surface area contributed by atoms with Gasteiger partial charge in [-0.25, -0.2) is 0 Å². The average Bonchev–Trinajstić information content (AvgIpc) is 2.74. The van der Waals surface area contributed by atoms with Crippen LogP contribution in [-0.4, -0.2) is 29.7 Å². The molecule has 2 aromatic carbocycles. The van der Waals surface area contributed by atoms with Gasteiger partial charge < -0.3 is 4.90 Å². The van der Waals surface area contributed by atoms with Gasteiger partial charge >= 0.3 is 0 Å². The zero-order chi connectivity index (χ0) is 19.9. The molecule has 0 N–H and O–H groups in total. The smallest absolute Gasteiger partial charge is 0.253 e. The number of likely N-dealkylation sites (tertiary alicyclic amines) is 1. The molecular formula is C24H24BrNO2. The third kappa shape index (κ3) is 5.08. The highest BCUT2D eigenvalue weighted by Gasteiger charge is 2.26. The molecule has 1 aliphatic rings. The molecule has 0 bridgehead atoms. The largest absolute Gasteiger partial charge is 0.339 e. The van der Waals surface area contributed by atoms with Crippen LogP contribution in [0.15, 0.2) is 77.3 Å². The van der Waals surface area contributed by atoms with Crippen LogP contribution in [-0.2, 0) is 4.79 Å². The quantitative estimate of drug-likeness (QED) is 0.457. The molecule has 0 aliphatic carbocycles. The third-order valence-corrected chi connectivity index (χ3v) is 5.50. The van der Waals surface area contributed by atoms with Crippen LogP contribution in [0.4, 0.5) is 0 Å². The molecule has 0 spiro atoms. The molecule has 4 heteroatoms. The van der Waals surface area contributed by atoms with Crippen LogP contribution >= 0.6 is 15.9 Å². The number of hydrogen-bond acceptors (Lipinski definition) is 2. The first-order valence-electron chi connectivity index (χ1n) is 9.54. The second-order valence-electron chi connectivity index (χ2n) is 6.98. The lowest BCUT2D eigenvalue weighted by Gasteiger charge is -2.31. The molecule has 1 aliphatic heterocycles. The summed E-state index contributed by atoms with van der Waals surface area (Å²) in [6.45, 7) is 3.22. The lowest BCUT2D eigenvalue weighted by molar-refractivity contribution is -0.119. The lowest BCUT2D eigenvalue weighted by Crippen LogP contribution is -2.40. The summed E-state index contributed by atoms with van der Waals surface area (Å²) in [5.41, 5.74) is 2.78. The van der Waals surface area contributed by atoms with Crippen molar-refractivity contribution < 1.29 is 9.59 Å². The topological polar surface area (TPSA) is 37.4 Å². The molecule has 0 radical (unpaired) electrons. The highest BCUT2D eigenvalue weighted by Crippen LogP contribution is 2.25. The van der Waals surface area contributed by atoms with Crippen LogP contribution in [0.1, 0.15) is 35.7 Å². The van der Waals surface area contributed by atoms with Gasteiger partial charge in [-0.3, -0.25) is 9.59 Å². The Hall–Kier alpha value is -2.46. The van der Waals surface area contributed by atoms with E-state index in [0.29, 0.717) is 31.5 Å². The van der Waals surface area contributed by atoms with Crippen molar-refractivity contribution in [2.24, 2.45) is 5.92 Å². The van der Waals surface area contributed by atoms with Crippen LogP contribution in [0.2, 0.25) is 0 Å². The number of nitrogens with zero attached hydrogens (tertiary/aromatic N) is 1. The number of benzene rings is 2. The first-order chi connectivity index (χ1) is 13.6. The van der Waals surface area contributed by atoms with Crippen molar-refractivity contribution >= 4 is 33.2 Å². The highest BCUT2D eigenvalue weighted by molar-refractivity contribution is 9.11. The molecule has 1 amide bonds. The van der Waals surface area contributed by atoms with Gasteiger partial charge in [0, 0.05) is 24.6 Å². The molecule has 1 fully saturated rings. The van der Waals surface area contributed by atoms with E-state index in [-0.39, 0.29) is 17.6 Å². The minimum atomic E-state index is -0.0243. The Morgan fingerprint density at radius 3 is 1.96 bits per heavy atom. The normalized spacial score (nSPS) is 16.1. The standard InChI is InChI=1S/C24H24BrNO2/c1-18(25)22(19-8-4-2-5-9-19)12-13-23(27)20-14-16-26(17-15-20)24(28)21-10-6-3-7-11-21/h2-13,20H,14-17H2,1H3/b13-12+,22-18-. The molecule has 0 atom stereocenters. The maximum Gasteiger partial charge on any atom is 0.253 e. The molecular weight excluding hydrogens is 414 g/mol. The lowest BCUT2D eigenvalue weighted by atomic mass is 9.91. The number of halogens is 1. The van der Waals surface area contributed by atoms with Gasteiger partial charge in [0.15, 0.2) is 5.78 Å². The van der Waals surface area contributed by atoms with Crippen molar-refractivity contribution in [1.29, 1.82) is 0 Å². The molecule has 0 unspecified atom stereocenters. The van der Waals surface area contributed by atoms with Crippen molar-refractivity contribution in [1.82, 2.24) is 4.90 Å². The van der Waals surface area contributed by atoms with Crippen LogP contribution in [0.5, 0.6) is 0 Å². The van der Waals surface area contributed by atoms with Crippen molar-refractivity contribution in [3.05, 3.63) is 88.4 Å². The van der Waals surface area contributed by atoms with Gasteiger partial charge in [-0.2, -0.15) is 0 Å². The number of carbonyl (C=O) groups excluding carboxylic acids is 2. The van der Waals surface area contributed by atoms with Gasteiger partial charge in [0.1, 0.15) is 0 Å². The first kappa shape index (κ1) is 20.3. The molecule has 1 heterocycles. The summed E-state index contributed by atoms with van der Waals surface area (Å²) in [6, 6.07) is 19.3. The summed E-state index contributed by atoms with van der Waals surface area (Å²) in [4.78, 5) is 27.1. The number of ketones is 1. The molecule has 2 aromatic rings. The van der Waals surface area contributed by atoms with Crippen LogP contribution in [0, 0.1) is 5.92 Å². The average molecular weight is 438 g/mol. The van der Waals surface area contributed by atoms with E-state index in [1.165, 1.54) is 0 Å². The Morgan fingerprint density at radius 2 is 1.43 bits per heavy atom. The van der Waals surface area contributed by atoms with E-state index >= 15 is 0 Å². The second-order valence-corrected chi connectivity index (χ2v) is 8.17. The molecule has 144 valence electrons. The summed E-state index contributed by atoms with van der Waals surface area (Å²) in [6.07, 6.45) is 4.99. The van der Waals surface area contributed by atoms with Crippen LogP contribution in [0.3, 0.4) is 0 Å². The third-order valence-electron chi connectivity index (χ3n) is 5.08. The molecule has 1 saturated heterocycles. The van der Waals surface area contributed by atoms with E-state index in [1.807, 2.05) is 78.6 Å². The van der Waals surface area contributed by atoms with Crippen LogP contribution < -0.4 is 0 Å². The van der Waals surface area contributed by atoms with Gasteiger partial charge in [0.25, 0.3) is 5.91 Å². The van der Waals surface area contributed by atoms with Gasteiger partial charge in [-0.15, -0.1) is 0 Å². The summed E-state index contributed by atoms with van der Waals surface area (Å²) >= 11 is 3.54. The summed E-state index contributed by atoms with van der Waals surface area (Å²) in [5, 5.41) is 0. The number of amides is 1. The maximum atomic E-state index is 12.7. The Bertz CT molecular complexity index is 875. The van der Waals surface area contributed by atoms with Crippen molar-refractivity contribution in [2.45, 2.75) is 19.8 Å². The number of piperidine rings is 1.